The van der Waals surface area contributed by atoms with Gasteiger partial charge in [-0.05, 0) is 67.4 Å². The number of rotatable bonds is 5. The Bertz CT molecular complexity index is 1660. The lowest BCUT2D eigenvalue weighted by Gasteiger charge is -2.11. The van der Waals surface area contributed by atoms with Gasteiger partial charge in [0.15, 0.2) is 17.3 Å². The molecule has 0 aliphatic carbocycles. The molecule has 3 aromatic carbocycles. The molecule has 1 amide bonds. The SMILES string of the molecule is COc1ccc(C(=O)Nc2c(-c3cc(=O)oc4cc(C)c(C)cc34)oc3ccccc23)cc1OC. The third-order valence-corrected chi connectivity index (χ3v) is 6.08. The Labute approximate surface area is 200 Å². The van der Waals surface area contributed by atoms with Crippen LogP contribution in [-0.4, -0.2) is 20.1 Å². The van der Waals surface area contributed by atoms with E-state index in [0.29, 0.717) is 56.0 Å². The van der Waals surface area contributed by atoms with E-state index >= 15 is 0 Å². The predicted octanol–water partition coefficient (Wildman–Crippen LogP) is 6.09. The quantitative estimate of drug-likeness (QED) is 0.313. The van der Waals surface area contributed by atoms with Crippen LogP contribution in [0.3, 0.4) is 0 Å². The number of hydrogen-bond acceptors (Lipinski definition) is 6. The van der Waals surface area contributed by atoms with E-state index in [9.17, 15) is 9.59 Å². The molecule has 5 aromatic rings. The summed E-state index contributed by atoms with van der Waals surface area (Å²) < 4.78 is 22.3. The van der Waals surface area contributed by atoms with E-state index < -0.39 is 5.63 Å². The molecule has 176 valence electrons. The van der Waals surface area contributed by atoms with Crippen LogP contribution in [-0.2, 0) is 0 Å². The van der Waals surface area contributed by atoms with Crippen LogP contribution in [0.4, 0.5) is 5.69 Å². The van der Waals surface area contributed by atoms with Crippen molar-refractivity contribution in [2.24, 2.45) is 0 Å². The van der Waals surface area contributed by atoms with Crippen molar-refractivity contribution in [2.75, 3.05) is 19.5 Å². The first-order valence-corrected chi connectivity index (χ1v) is 11.0. The van der Waals surface area contributed by atoms with Crippen molar-refractivity contribution in [3.63, 3.8) is 0 Å². The van der Waals surface area contributed by atoms with Gasteiger partial charge in [-0.1, -0.05) is 12.1 Å². The Balaban J connectivity index is 1.69. The zero-order chi connectivity index (χ0) is 24.7. The van der Waals surface area contributed by atoms with Crippen LogP contribution in [0.1, 0.15) is 21.5 Å². The van der Waals surface area contributed by atoms with E-state index in [1.807, 2.05) is 50.2 Å². The third-order valence-electron chi connectivity index (χ3n) is 6.08. The van der Waals surface area contributed by atoms with E-state index in [4.69, 9.17) is 18.3 Å². The van der Waals surface area contributed by atoms with Crippen molar-refractivity contribution >= 4 is 33.5 Å². The molecule has 0 unspecified atom stereocenters. The summed E-state index contributed by atoms with van der Waals surface area (Å²) in [5.41, 5.74) is 3.95. The van der Waals surface area contributed by atoms with Crippen molar-refractivity contribution < 1.29 is 23.1 Å². The van der Waals surface area contributed by atoms with Crippen molar-refractivity contribution in [3.05, 3.63) is 87.8 Å². The number of aryl methyl sites for hydroxylation is 2. The maximum Gasteiger partial charge on any atom is 0.336 e. The minimum atomic E-state index is -0.506. The summed E-state index contributed by atoms with van der Waals surface area (Å²) in [6.45, 7) is 3.94. The van der Waals surface area contributed by atoms with Crippen molar-refractivity contribution in [1.29, 1.82) is 0 Å². The highest BCUT2D eigenvalue weighted by Gasteiger charge is 2.22. The Morgan fingerprint density at radius 2 is 1.54 bits per heavy atom. The maximum atomic E-state index is 13.3. The van der Waals surface area contributed by atoms with Gasteiger partial charge < -0.3 is 23.6 Å². The van der Waals surface area contributed by atoms with Crippen LogP contribution < -0.4 is 20.4 Å². The fourth-order valence-corrected chi connectivity index (χ4v) is 4.13. The normalized spacial score (nSPS) is 11.1. The van der Waals surface area contributed by atoms with Crippen LogP contribution in [0.5, 0.6) is 11.5 Å². The van der Waals surface area contributed by atoms with Crippen LogP contribution in [0.25, 0.3) is 33.3 Å². The van der Waals surface area contributed by atoms with Gasteiger partial charge >= 0.3 is 5.63 Å². The molecule has 2 heterocycles. The molecular formula is C28H23NO6. The number of nitrogens with one attached hydrogen (secondary N) is 1. The van der Waals surface area contributed by atoms with Crippen LogP contribution in [0.15, 0.2) is 74.3 Å². The van der Waals surface area contributed by atoms with Gasteiger partial charge in [-0.25, -0.2) is 4.79 Å². The number of anilines is 1. The number of carbonyl (C=O) groups excluding carboxylic acids is 1. The Kier molecular flexibility index (Phi) is 5.53. The summed E-state index contributed by atoms with van der Waals surface area (Å²) in [4.78, 5) is 25.8. The molecule has 0 spiro atoms. The summed E-state index contributed by atoms with van der Waals surface area (Å²) in [5.74, 6) is 0.973. The zero-order valence-electron chi connectivity index (χ0n) is 19.7. The molecule has 0 saturated heterocycles. The van der Waals surface area contributed by atoms with Crippen molar-refractivity contribution in [1.82, 2.24) is 0 Å². The topological polar surface area (TPSA) is 90.9 Å². The second-order valence-electron chi connectivity index (χ2n) is 8.24. The fraction of sp³-hybridized carbons (Fsp3) is 0.143. The van der Waals surface area contributed by atoms with Gasteiger partial charge in [-0.2, -0.15) is 0 Å². The largest absolute Gasteiger partial charge is 0.493 e. The number of carbonyl (C=O) groups is 1. The lowest BCUT2D eigenvalue weighted by Crippen LogP contribution is -2.12. The van der Waals surface area contributed by atoms with Crippen molar-refractivity contribution in [2.45, 2.75) is 13.8 Å². The van der Waals surface area contributed by atoms with Gasteiger partial charge in [0.25, 0.3) is 5.91 Å². The summed E-state index contributed by atoms with van der Waals surface area (Å²) in [6.07, 6.45) is 0. The van der Waals surface area contributed by atoms with E-state index in [1.54, 1.807) is 18.2 Å². The molecule has 0 saturated carbocycles. The minimum Gasteiger partial charge on any atom is -0.493 e. The summed E-state index contributed by atoms with van der Waals surface area (Å²) >= 11 is 0. The highest BCUT2D eigenvalue weighted by atomic mass is 16.5. The first-order valence-electron chi connectivity index (χ1n) is 11.0. The molecule has 35 heavy (non-hydrogen) atoms. The summed E-state index contributed by atoms with van der Waals surface area (Å²) in [6, 6.07) is 17.5. The average molecular weight is 469 g/mol. The molecule has 0 aliphatic rings. The molecule has 2 aromatic heterocycles. The Morgan fingerprint density at radius 1 is 0.800 bits per heavy atom. The van der Waals surface area contributed by atoms with E-state index in [2.05, 4.69) is 5.32 Å². The first-order chi connectivity index (χ1) is 16.9. The van der Waals surface area contributed by atoms with Crippen LogP contribution >= 0.6 is 0 Å². The zero-order valence-corrected chi connectivity index (χ0v) is 19.7. The number of benzene rings is 3. The summed E-state index contributed by atoms with van der Waals surface area (Å²) in [5, 5.41) is 4.41. The van der Waals surface area contributed by atoms with Gasteiger partial charge in [0, 0.05) is 28.0 Å². The minimum absolute atomic E-state index is 0.363. The molecular weight excluding hydrogens is 446 g/mol. The predicted molar refractivity (Wildman–Crippen MR) is 135 cm³/mol. The number of fused-ring (bicyclic) bond motifs is 2. The standard InChI is InChI=1S/C28H23NO6/c1-15-11-19-20(14-25(30)34-23(19)12-16(15)2)27-26(18-7-5-6-8-21(18)35-27)29-28(31)17-9-10-22(32-3)24(13-17)33-4/h5-14H,1-4H3,(H,29,31). The molecule has 0 radical (unpaired) electrons. The smallest absolute Gasteiger partial charge is 0.336 e. The molecule has 7 nitrogen and oxygen atoms in total. The van der Waals surface area contributed by atoms with E-state index in [-0.39, 0.29) is 5.91 Å². The third kappa shape index (κ3) is 3.91. The second kappa shape index (κ2) is 8.68. The van der Waals surface area contributed by atoms with Crippen molar-refractivity contribution in [3.8, 4) is 22.8 Å². The lowest BCUT2D eigenvalue weighted by molar-refractivity contribution is 0.102. The Hall–Kier alpha value is -4.52. The molecule has 0 fully saturated rings. The second-order valence-corrected chi connectivity index (χ2v) is 8.24. The van der Waals surface area contributed by atoms with Gasteiger partial charge in [-0.15, -0.1) is 0 Å². The Morgan fingerprint density at radius 3 is 2.31 bits per heavy atom. The number of furan rings is 1. The highest BCUT2D eigenvalue weighted by Crippen LogP contribution is 2.41. The van der Waals surface area contributed by atoms with Crippen LogP contribution in [0, 0.1) is 13.8 Å². The van der Waals surface area contributed by atoms with Gasteiger partial charge in [0.1, 0.15) is 11.2 Å². The molecule has 0 atom stereocenters. The molecule has 7 heteroatoms. The molecule has 0 aliphatic heterocycles. The number of para-hydroxylation sites is 1. The maximum absolute atomic E-state index is 13.3. The average Bonchev–Trinajstić information content (AvgIpc) is 3.22. The van der Waals surface area contributed by atoms with Gasteiger partial charge in [-0.3, -0.25) is 4.79 Å². The fourth-order valence-electron chi connectivity index (χ4n) is 4.13. The van der Waals surface area contributed by atoms with E-state index in [1.165, 1.54) is 20.3 Å². The van der Waals surface area contributed by atoms with Gasteiger partial charge in [0.05, 0.1) is 19.9 Å². The summed E-state index contributed by atoms with van der Waals surface area (Å²) in [7, 11) is 3.04. The number of ether oxygens (including phenoxy) is 2. The number of amides is 1. The number of methoxy groups -OCH3 is 2. The molecule has 1 N–H and O–H groups in total. The number of hydrogen-bond donors (Lipinski definition) is 1. The monoisotopic (exact) mass is 469 g/mol. The highest BCUT2D eigenvalue weighted by molar-refractivity contribution is 6.13. The molecule has 0 bridgehead atoms. The van der Waals surface area contributed by atoms with Gasteiger partial charge in [0.2, 0.25) is 0 Å². The lowest BCUT2D eigenvalue weighted by atomic mass is 10.0. The van der Waals surface area contributed by atoms with Crippen LogP contribution in [0.2, 0.25) is 0 Å². The first kappa shape index (κ1) is 22.3. The molecule has 5 rings (SSSR count). The van der Waals surface area contributed by atoms with E-state index in [0.717, 1.165) is 11.1 Å².